The van der Waals surface area contributed by atoms with Gasteiger partial charge in [-0.2, -0.15) is 5.10 Å². The fraction of sp³-hybridized carbons (Fsp3) is 0.714. The van der Waals surface area contributed by atoms with Crippen LogP contribution in [-0.4, -0.2) is 33.7 Å². The summed E-state index contributed by atoms with van der Waals surface area (Å²) in [7, 11) is 1.79. The minimum atomic E-state index is -2.58. The van der Waals surface area contributed by atoms with E-state index in [-0.39, 0.29) is 49.2 Å². The van der Waals surface area contributed by atoms with E-state index in [1.807, 2.05) is 0 Å². The second-order valence-electron chi connectivity index (χ2n) is 6.19. The molecule has 1 heterocycles. The number of carbonyl (C=O) groups excluding carboxylic acids is 1. The number of nitrogens with one attached hydrogen (secondary N) is 1. The van der Waals surface area contributed by atoms with Crippen LogP contribution in [0.15, 0.2) is 6.07 Å². The van der Waals surface area contributed by atoms with Crippen LogP contribution >= 0.6 is 12.4 Å². The molecular formula is C14H21ClF2N4O. The maximum Gasteiger partial charge on any atom is 0.272 e. The molecule has 0 radical (unpaired) electrons. The van der Waals surface area contributed by atoms with Crippen LogP contribution < -0.4 is 11.1 Å². The van der Waals surface area contributed by atoms with Crippen molar-refractivity contribution in [2.24, 2.45) is 12.8 Å². The number of halogens is 3. The van der Waals surface area contributed by atoms with Gasteiger partial charge in [-0.15, -0.1) is 12.4 Å². The van der Waals surface area contributed by atoms with Crippen molar-refractivity contribution < 1.29 is 13.6 Å². The molecule has 3 N–H and O–H groups in total. The van der Waals surface area contributed by atoms with Crippen LogP contribution in [0.4, 0.5) is 8.78 Å². The van der Waals surface area contributed by atoms with Gasteiger partial charge in [0.15, 0.2) is 0 Å². The predicted octanol–water partition coefficient (Wildman–Crippen LogP) is 1.96. The second kappa shape index (κ2) is 6.12. The minimum absolute atomic E-state index is 0. The Bertz CT molecular complexity index is 553. The maximum atomic E-state index is 13.1. The highest BCUT2D eigenvalue weighted by molar-refractivity contribution is 5.92. The molecule has 2 unspecified atom stereocenters. The molecular weight excluding hydrogens is 314 g/mol. The first-order valence-corrected chi connectivity index (χ1v) is 7.34. The van der Waals surface area contributed by atoms with Gasteiger partial charge in [0.1, 0.15) is 5.69 Å². The van der Waals surface area contributed by atoms with Gasteiger partial charge < -0.3 is 11.1 Å². The van der Waals surface area contributed by atoms with Gasteiger partial charge in [-0.05, 0) is 25.3 Å². The average molecular weight is 335 g/mol. The van der Waals surface area contributed by atoms with Crippen molar-refractivity contribution >= 4 is 18.3 Å². The number of hydrogen-bond donors (Lipinski definition) is 2. The van der Waals surface area contributed by atoms with Gasteiger partial charge in [-0.3, -0.25) is 9.48 Å². The summed E-state index contributed by atoms with van der Waals surface area (Å²) in [5.74, 6) is -2.60. The highest BCUT2D eigenvalue weighted by Crippen LogP contribution is 2.39. The molecule has 0 aliphatic heterocycles. The molecule has 0 aromatic carbocycles. The van der Waals surface area contributed by atoms with Gasteiger partial charge >= 0.3 is 0 Å². The van der Waals surface area contributed by atoms with E-state index in [2.05, 4.69) is 10.4 Å². The maximum absolute atomic E-state index is 13.1. The monoisotopic (exact) mass is 334 g/mol. The lowest BCUT2D eigenvalue weighted by molar-refractivity contribution is -0.0399. The number of nitrogens with two attached hydrogens (primary N) is 1. The molecule has 124 valence electrons. The normalized spacial score (nSPS) is 27.1. The van der Waals surface area contributed by atoms with Gasteiger partial charge in [0.25, 0.3) is 5.91 Å². The van der Waals surface area contributed by atoms with Crippen molar-refractivity contribution in [2.45, 2.75) is 56.0 Å². The molecule has 2 atom stereocenters. The fourth-order valence-corrected chi connectivity index (χ4v) is 2.94. The summed E-state index contributed by atoms with van der Waals surface area (Å²) >= 11 is 0. The van der Waals surface area contributed by atoms with Crippen molar-refractivity contribution in [1.29, 1.82) is 0 Å². The molecule has 2 aliphatic rings. The molecule has 2 aliphatic carbocycles. The van der Waals surface area contributed by atoms with Crippen LogP contribution in [0.3, 0.4) is 0 Å². The first kappa shape index (κ1) is 17.1. The van der Waals surface area contributed by atoms with Crippen molar-refractivity contribution in [3.05, 3.63) is 17.5 Å². The Morgan fingerprint density at radius 2 is 2.05 bits per heavy atom. The van der Waals surface area contributed by atoms with E-state index >= 15 is 0 Å². The summed E-state index contributed by atoms with van der Waals surface area (Å²) in [5, 5.41) is 7.01. The van der Waals surface area contributed by atoms with Gasteiger partial charge in [0.05, 0.1) is 0 Å². The van der Waals surface area contributed by atoms with Crippen LogP contribution in [0.5, 0.6) is 0 Å². The summed E-state index contributed by atoms with van der Waals surface area (Å²) in [6.07, 6.45) is 1.21. The van der Waals surface area contributed by atoms with Crippen LogP contribution in [0, 0.1) is 0 Å². The summed E-state index contributed by atoms with van der Waals surface area (Å²) in [6.45, 7) is 0. The zero-order valence-corrected chi connectivity index (χ0v) is 13.2. The Labute approximate surface area is 134 Å². The number of carbonyl (C=O) groups is 1. The first-order chi connectivity index (χ1) is 9.85. The summed E-state index contributed by atoms with van der Waals surface area (Å²) in [5.41, 5.74) is 7.11. The SMILES string of the molecule is Cl.Cn1nc(C(=O)NC2CCC(F)(F)CC2)cc1C1CC1N. The van der Waals surface area contributed by atoms with Crippen molar-refractivity contribution in [3.63, 3.8) is 0 Å². The number of alkyl halides is 2. The van der Waals surface area contributed by atoms with Gasteiger partial charge in [0, 0.05) is 43.6 Å². The van der Waals surface area contributed by atoms with Gasteiger partial charge in [-0.25, -0.2) is 8.78 Å². The van der Waals surface area contributed by atoms with E-state index in [1.54, 1.807) is 17.8 Å². The van der Waals surface area contributed by atoms with Crippen molar-refractivity contribution in [3.8, 4) is 0 Å². The van der Waals surface area contributed by atoms with Crippen LogP contribution in [0.2, 0.25) is 0 Å². The number of aryl methyl sites for hydroxylation is 1. The smallest absolute Gasteiger partial charge is 0.272 e. The molecule has 2 fully saturated rings. The largest absolute Gasteiger partial charge is 0.348 e. The molecule has 0 spiro atoms. The molecule has 3 rings (SSSR count). The lowest BCUT2D eigenvalue weighted by Gasteiger charge is -2.28. The second-order valence-corrected chi connectivity index (χ2v) is 6.19. The van der Waals surface area contributed by atoms with Gasteiger partial charge in [0.2, 0.25) is 5.92 Å². The summed E-state index contributed by atoms with van der Waals surface area (Å²) < 4.78 is 27.9. The number of rotatable bonds is 3. The zero-order valence-electron chi connectivity index (χ0n) is 12.4. The molecule has 0 saturated heterocycles. The molecule has 22 heavy (non-hydrogen) atoms. The van der Waals surface area contributed by atoms with E-state index < -0.39 is 5.92 Å². The molecule has 1 aromatic heterocycles. The average Bonchev–Trinajstić information content (AvgIpc) is 3.00. The first-order valence-electron chi connectivity index (χ1n) is 7.34. The Morgan fingerprint density at radius 1 is 1.45 bits per heavy atom. The number of aromatic nitrogens is 2. The molecule has 8 heteroatoms. The summed E-state index contributed by atoms with van der Waals surface area (Å²) in [6, 6.07) is 1.72. The third kappa shape index (κ3) is 3.57. The van der Waals surface area contributed by atoms with Crippen LogP contribution in [0.1, 0.15) is 54.2 Å². The fourth-order valence-electron chi connectivity index (χ4n) is 2.94. The Kier molecular flexibility index (Phi) is 4.77. The van der Waals surface area contributed by atoms with E-state index in [0.717, 1.165) is 12.1 Å². The number of nitrogens with zero attached hydrogens (tertiary/aromatic N) is 2. The third-order valence-electron chi connectivity index (χ3n) is 4.42. The van der Waals surface area contributed by atoms with Crippen molar-refractivity contribution in [2.75, 3.05) is 0 Å². The van der Waals surface area contributed by atoms with Crippen LogP contribution in [-0.2, 0) is 7.05 Å². The predicted molar refractivity (Wildman–Crippen MR) is 80.5 cm³/mol. The van der Waals surface area contributed by atoms with E-state index in [0.29, 0.717) is 18.5 Å². The Balaban J connectivity index is 0.00000176. The molecule has 2 saturated carbocycles. The van der Waals surface area contributed by atoms with E-state index in [9.17, 15) is 13.6 Å². The third-order valence-corrected chi connectivity index (χ3v) is 4.42. The Morgan fingerprint density at radius 3 is 2.59 bits per heavy atom. The van der Waals surface area contributed by atoms with Crippen LogP contribution in [0.25, 0.3) is 0 Å². The number of hydrogen-bond acceptors (Lipinski definition) is 3. The molecule has 5 nitrogen and oxygen atoms in total. The highest BCUT2D eigenvalue weighted by atomic mass is 35.5. The van der Waals surface area contributed by atoms with Crippen molar-refractivity contribution in [1.82, 2.24) is 15.1 Å². The lowest BCUT2D eigenvalue weighted by Crippen LogP contribution is -2.40. The van der Waals surface area contributed by atoms with E-state index in [1.165, 1.54) is 0 Å². The topological polar surface area (TPSA) is 72.9 Å². The van der Waals surface area contributed by atoms with Gasteiger partial charge in [-0.1, -0.05) is 0 Å². The minimum Gasteiger partial charge on any atom is -0.348 e. The standard InChI is InChI=1S/C14H20F2N4O.ClH/c1-20-12(9-6-10(9)17)7-11(19-20)13(21)18-8-2-4-14(15,16)5-3-8;/h7-10H,2-6,17H2,1H3,(H,18,21);1H. The van der Waals surface area contributed by atoms with E-state index in [4.69, 9.17) is 5.73 Å². The highest BCUT2D eigenvalue weighted by Gasteiger charge is 2.38. The Hall–Kier alpha value is -1.21. The molecule has 1 aromatic rings. The molecule has 1 amide bonds. The number of amides is 1. The summed E-state index contributed by atoms with van der Waals surface area (Å²) in [4.78, 5) is 12.2. The zero-order chi connectivity index (χ0) is 15.2. The quantitative estimate of drug-likeness (QED) is 0.887. The lowest BCUT2D eigenvalue weighted by atomic mass is 9.92. The molecule has 0 bridgehead atoms.